The molecule has 2 fully saturated rings. The Bertz CT molecular complexity index is 1070. The average molecular weight is 403 g/mol. The normalized spacial score (nSPS) is 22.8. The molecule has 30 heavy (non-hydrogen) atoms. The van der Waals surface area contributed by atoms with Crippen molar-refractivity contribution in [3.05, 3.63) is 66.1 Å². The first-order valence-electron chi connectivity index (χ1n) is 10.5. The van der Waals surface area contributed by atoms with Gasteiger partial charge in [-0.1, -0.05) is 36.4 Å². The van der Waals surface area contributed by atoms with Crippen LogP contribution in [0.1, 0.15) is 42.6 Å². The third-order valence-electron chi connectivity index (χ3n) is 6.56. The molecule has 7 heteroatoms. The highest BCUT2D eigenvalue weighted by atomic mass is 16.2. The number of aromatic nitrogens is 3. The molecule has 2 unspecified atom stereocenters. The second-order valence-electron chi connectivity index (χ2n) is 8.26. The summed E-state index contributed by atoms with van der Waals surface area (Å²) in [6.07, 6.45) is 3.98. The molecule has 2 saturated heterocycles. The van der Waals surface area contributed by atoms with E-state index in [1.165, 1.54) is 0 Å². The number of likely N-dealkylation sites (tertiary alicyclic amines) is 2. The fraction of sp³-hybridized carbons (Fsp3) is 0.391. The van der Waals surface area contributed by atoms with Crippen molar-refractivity contribution >= 4 is 17.5 Å². The van der Waals surface area contributed by atoms with E-state index in [1.807, 2.05) is 64.0 Å². The van der Waals surface area contributed by atoms with Crippen LogP contribution in [-0.2, 0) is 9.59 Å². The first kappa shape index (κ1) is 18.8. The van der Waals surface area contributed by atoms with Gasteiger partial charge < -0.3 is 9.80 Å². The largest absolute Gasteiger partial charge is 0.342 e. The number of fused-ring (bicyclic) bond motifs is 1. The highest BCUT2D eigenvalue weighted by molar-refractivity contribution is 5.90. The minimum absolute atomic E-state index is 0.0343. The lowest BCUT2D eigenvalue weighted by atomic mass is 9.90. The Hall–Kier alpha value is -3.22. The first-order chi connectivity index (χ1) is 14.6. The Balaban J connectivity index is 1.31. The van der Waals surface area contributed by atoms with Gasteiger partial charge in [0.25, 0.3) is 0 Å². The molecule has 2 aromatic heterocycles. The second kappa shape index (κ2) is 7.55. The molecule has 7 nitrogen and oxygen atoms in total. The summed E-state index contributed by atoms with van der Waals surface area (Å²) in [5.41, 5.74) is 1.87. The van der Waals surface area contributed by atoms with Crippen LogP contribution in [0.2, 0.25) is 0 Å². The van der Waals surface area contributed by atoms with E-state index in [2.05, 4.69) is 10.2 Å². The summed E-state index contributed by atoms with van der Waals surface area (Å²) >= 11 is 0. The Morgan fingerprint density at radius 1 is 1.00 bits per heavy atom. The third kappa shape index (κ3) is 3.14. The summed E-state index contributed by atoms with van der Waals surface area (Å²) < 4.78 is 2.04. The van der Waals surface area contributed by atoms with Crippen LogP contribution in [0.15, 0.2) is 54.7 Å². The molecule has 1 aromatic carbocycles. The molecular formula is C23H25N5O2. The zero-order chi connectivity index (χ0) is 20.7. The van der Waals surface area contributed by atoms with Crippen molar-refractivity contribution in [1.82, 2.24) is 24.4 Å². The number of hydrogen-bond donors (Lipinski definition) is 0. The van der Waals surface area contributed by atoms with E-state index in [1.54, 1.807) is 11.9 Å². The summed E-state index contributed by atoms with van der Waals surface area (Å²) in [5.74, 6) is 1.05. The van der Waals surface area contributed by atoms with E-state index >= 15 is 0 Å². The molecule has 0 aliphatic carbocycles. The maximum atomic E-state index is 13.4. The molecular weight excluding hydrogens is 378 g/mol. The first-order valence-corrected chi connectivity index (χ1v) is 10.5. The predicted octanol–water partition coefficient (Wildman–Crippen LogP) is 2.65. The van der Waals surface area contributed by atoms with E-state index in [4.69, 9.17) is 0 Å². The number of benzene rings is 1. The summed E-state index contributed by atoms with van der Waals surface area (Å²) in [5, 5.41) is 8.66. The number of piperidine rings is 1. The number of carbonyl (C=O) groups is 2. The molecule has 5 rings (SSSR count). The molecule has 0 bridgehead atoms. The third-order valence-corrected chi connectivity index (χ3v) is 6.56. The Kier molecular flexibility index (Phi) is 4.73. The molecule has 0 radical (unpaired) electrons. The molecule has 0 spiro atoms. The van der Waals surface area contributed by atoms with Gasteiger partial charge in [-0.05, 0) is 30.5 Å². The van der Waals surface area contributed by atoms with E-state index in [9.17, 15) is 9.59 Å². The molecule has 2 aliphatic heterocycles. The van der Waals surface area contributed by atoms with E-state index in [-0.39, 0.29) is 36.1 Å². The fourth-order valence-corrected chi connectivity index (χ4v) is 4.93. The minimum atomic E-state index is -0.324. The summed E-state index contributed by atoms with van der Waals surface area (Å²) in [4.78, 5) is 29.5. The summed E-state index contributed by atoms with van der Waals surface area (Å²) in [7, 11) is 1.80. The quantitative estimate of drug-likeness (QED) is 0.674. The number of pyridine rings is 1. The number of hydrogen-bond acceptors (Lipinski definition) is 4. The van der Waals surface area contributed by atoms with Gasteiger partial charge in [0.15, 0.2) is 5.65 Å². The van der Waals surface area contributed by atoms with Crippen LogP contribution in [0.5, 0.6) is 0 Å². The van der Waals surface area contributed by atoms with Gasteiger partial charge in [0.1, 0.15) is 5.82 Å². The predicted molar refractivity (Wildman–Crippen MR) is 112 cm³/mol. The standard InChI is InChI=1S/C23H25N5O2/c1-26-20(29)15-18(21(26)16-7-3-2-4-8-16)23(30)27-13-10-17(11-14-27)22-25-24-19-9-5-6-12-28(19)22/h2-9,12,17-18,21H,10-11,13-15H2,1H3. The molecule has 2 amide bonds. The average Bonchev–Trinajstić information content (AvgIpc) is 3.35. The monoisotopic (exact) mass is 403 g/mol. The van der Waals surface area contributed by atoms with Gasteiger partial charge in [0, 0.05) is 38.7 Å². The highest BCUT2D eigenvalue weighted by Crippen LogP contribution is 2.39. The van der Waals surface area contributed by atoms with Crippen molar-refractivity contribution in [3.63, 3.8) is 0 Å². The topological polar surface area (TPSA) is 70.8 Å². The maximum Gasteiger partial charge on any atom is 0.228 e. The van der Waals surface area contributed by atoms with Gasteiger partial charge in [-0.25, -0.2) is 0 Å². The summed E-state index contributed by atoms with van der Waals surface area (Å²) in [6.45, 7) is 1.36. The van der Waals surface area contributed by atoms with E-state index in [0.717, 1.165) is 29.9 Å². The lowest BCUT2D eigenvalue weighted by Crippen LogP contribution is -2.43. The van der Waals surface area contributed by atoms with Crippen LogP contribution in [-0.4, -0.2) is 56.3 Å². The number of amides is 2. The maximum absolute atomic E-state index is 13.4. The Morgan fingerprint density at radius 3 is 2.50 bits per heavy atom. The molecule has 2 atom stereocenters. The van der Waals surface area contributed by atoms with Crippen molar-refractivity contribution in [3.8, 4) is 0 Å². The molecule has 154 valence electrons. The molecule has 0 N–H and O–H groups in total. The lowest BCUT2D eigenvalue weighted by Gasteiger charge is -2.34. The molecule has 4 heterocycles. The SMILES string of the molecule is CN1C(=O)CC(C(=O)N2CCC(c3nnc4ccccn34)CC2)C1c1ccccc1. The Morgan fingerprint density at radius 2 is 1.73 bits per heavy atom. The van der Waals surface area contributed by atoms with E-state index < -0.39 is 0 Å². The number of nitrogens with zero attached hydrogens (tertiary/aromatic N) is 5. The second-order valence-corrected chi connectivity index (χ2v) is 8.26. The van der Waals surface area contributed by atoms with Gasteiger partial charge in [-0.2, -0.15) is 0 Å². The molecule has 2 aliphatic rings. The van der Waals surface area contributed by atoms with Gasteiger partial charge in [0.05, 0.1) is 12.0 Å². The number of rotatable bonds is 3. The van der Waals surface area contributed by atoms with Gasteiger partial charge in [-0.15, -0.1) is 10.2 Å². The van der Waals surface area contributed by atoms with Crippen LogP contribution >= 0.6 is 0 Å². The van der Waals surface area contributed by atoms with Crippen molar-refractivity contribution in [2.75, 3.05) is 20.1 Å². The highest BCUT2D eigenvalue weighted by Gasteiger charge is 2.44. The minimum Gasteiger partial charge on any atom is -0.342 e. The zero-order valence-corrected chi connectivity index (χ0v) is 17.0. The van der Waals surface area contributed by atoms with Gasteiger partial charge in [0.2, 0.25) is 11.8 Å². The van der Waals surface area contributed by atoms with Gasteiger partial charge in [-0.3, -0.25) is 14.0 Å². The lowest BCUT2D eigenvalue weighted by molar-refractivity contribution is -0.137. The van der Waals surface area contributed by atoms with Crippen LogP contribution < -0.4 is 0 Å². The number of carbonyl (C=O) groups excluding carboxylic acids is 2. The fourth-order valence-electron chi connectivity index (χ4n) is 4.93. The van der Waals surface area contributed by atoms with Crippen molar-refractivity contribution in [2.24, 2.45) is 5.92 Å². The molecule has 0 saturated carbocycles. The Labute approximate surface area is 175 Å². The van der Waals surface area contributed by atoms with Crippen LogP contribution in [0, 0.1) is 5.92 Å². The zero-order valence-electron chi connectivity index (χ0n) is 17.0. The van der Waals surface area contributed by atoms with Crippen LogP contribution in [0.4, 0.5) is 0 Å². The van der Waals surface area contributed by atoms with Crippen LogP contribution in [0.25, 0.3) is 5.65 Å². The molecule has 3 aromatic rings. The van der Waals surface area contributed by atoms with Crippen molar-refractivity contribution in [2.45, 2.75) is 31.2 Å². The van der Waals surface area contributed by atoms with E-state index in [0.29, 0.717) is 13.1 Å². The van der Waals surface area contributed by atoms with Gasteiger partial charge >= 0.3 is 0 Å². The van der Waals surface area contributed by atoms with Crippen LogP contribution in [0.3, 0.4) is 0 Å². The summed E-state index contributed by atoms with van der Waals surface area (Å²) in [6, 6.07) is 15.6. The van der Waals surface area contributed by atoms with Crippen molar-refractivity contribution < 1.29 is 9.59 Å². The van der Waals surface area contributed by atoms with Crippen molar-refractivity contribution in [1.29, 1.82) is 0 Å². The smallest absolute Gasteiger partial charge is 0.228 e.